The monoisotopic (exact) mass is 299 g/mol. The molecule has 3 atom stereocenters. The molecule has 0 bridgehead atoms. The van der Waals surface area contributed by atoms with E-state index < -0.39 is 0 Å². The lowest BCUT2D eigenvalue weighted by Crippen LogP contribution is -2.17. The fourth-order valence-corrected chi connectivity index (χ4v) is 2.50. The number of aliphatic hydroxyl groups excluding tert-OH is 1. The zero-order chi connectivity index (χ0) is 15.6. The van der Waals surface area contributed by atoms with Crippen LogP contribution < -0.4 is 11.3 Å². The summed E-state index contributed by atoms with van der Waals surface area (Å²) in [5.41, 5.74) is 5.81. The van der Waals surface area contributed by atoms with E-state index in [9.17, 15) is 9.18 Å². The van der Waals surface area contributed by atoms with Crippen molar-refractivity contribution < 1.29 is 14.2 Å². The van der Waals surface area contributed by atoms with Crippen molar-refractivity contribution in [2.24, 2.45) is 5.92 Å². The lowest BCUT2D eigenvalue weighted by atomic mass is 10.1. The number of nitrogens with zero attached hydrogens (tertiary/aromatic N) is 3. The number of nitrogens with one attached hydrogen (secondary N) is 1. The van der Waals surface area contributed by atoms with Gasteiger partial charge < -0.3 is 15.6 Å². The lowest BCUT2D eigenvalue weighted by Gasteiger charge is -2.17. The maximum Gasteiger partial charge on any atom is 0.280 e. The van der Waals surface area contributed by atoms with E-state index in [0.717, 1.165) is 6.42 Å². The first-order valence-electron chi connectivity index (χ1n) is 6.46. The minimum atomic E-state index is -0.370. The molecule has 8 nitrogen and oxygen atoms in total. The Morgan fingerprint density at radius 1 is 1.62 bits per heavy atom. The highest BCUT2D eigenvalue weighted by Crippen LogP contribution is 2.34. The molecule has 2 aromatic rings. The number of anilines is 1. The fraction of sp³-hybridized carbons (Fsp3) is 0.583. The van der Waals surface area contributed by atoms with Crippen molar-refractivity contribution in [1.82, 2.24) is 19.5 Å². The van der Waals surface area contributed by atoms with E-state index in [4.69, 9.17) is 15.6 Å². The number of H-pyrrole nitrogens is 1. The van der Waals surface area contributed by atoms with Gasteiger partial charge in [-0.05, 0) is 6.42 Å². The fourth-order valence-electron chi connectivity index (χ4n) is 2.50. The van der Waals surface area contributed by atoms with Crippen LogP contribution in [-0.2, 0) is 4.74 Å². The Hall–Kier alpha value is -2.00. The predicted molar refractivity (Wildman–Crippen MR) is 74.4 cm³/mol. The third kappa shape index (κ3) is 2.74. The largest absolute Gasteiger partial charge is 0.394 e. The van der Waals surface area contributed by atoms with Crippen molar-refractivity contribution >= 4 is 17.1 Å². The summed E-state index contributed by atoms with van der Waals surface area (Å²) in [5, 5.41) is 9.16. The topological polar surface area (TPSA) is 119 Å². The minimum absolute atomic E-state index is 0.0242. The highest BCUT2D eigenvalue weighted by atomic mass is 19.1. The molecule has 3 heterocycles. The van der Waals surface area contributed by atoms with Crippen LogP contribution in [0.15, 0.2) is 11.1 Å². The van der Waals surface area contributed by atoms with Gasteiger partial charge >= 0.3 is 0 Å². The van der Waals surface area contributed by atoms with E-state index in [0.29, 0.717) is 12.8 Å². The molecule has 116 valence electrons. The normalized spacial score (nSPS) is 24.9. The molecule has 2 aromatic heterocycles. The smallest absolute Gasteiger partial charge is 0.280 e. The summed E-state index contributed by atoms with van der Waals surface area (Å²) in [6.45, 7) is 1.99. The van der Waals surface area contributed by atoms with Crippen molar-refractivity contribution in [2.45, 2.75) is 25.7 Å². The van der Waals surface area contributed by atoms with E-state index in [2.05, 4.69) is 15.0 Å². The SMILES string of the molecule is CF.C[C@H]1C[C@@H](CO)O[C@H]1n1cnc2c(=O)[nH]c(N)nc21. The third-order valence-corrected chi connectivity index (χ3v) is 3.38. The Bertz CT molecular complexity index is 670. The van der Waals surface area contributed by atoms with E-state index in [1.165, 1.54) is 6.33 Å². The second kappa shape index (κ2) is 6.19. The molecule has 21 heavy (non-hydrogen) atoms. The second-order valence-corrected chi connectivity index (χ2v) is 4.82. The van der Waals surface area contributed by atoms with E-state index in [1.54, 1.807) is 4.57 Å². The maximum absolute atomic E-state index is 11.7. The third-order valence-electron chi connectivity index (χ3n) is 3.38. The van der Waals surface area contributed by atoms with Crippen LogP contribution in [0.4, 0.5) is 10.3 Å². The van der Waals surface area contributed by atoms with Gasteiger partial charge in [-0.1, -0.05) is 6.92 Å². The highest BCUT2D eigenvalue weighted by molar-refractivity contribution is 5.70. The number of hydrogen-bond acceptors (Lipinski definition) is 6. The second-order valence-electron chi connectivity index (χ2n) is 4.82. The Morgan fingerprint density at radius 3 is 2.95 bits per heavy atom. The molecule has 1 aliphatic rings. The molecule has 0 saturated carbocycles. The summed E-state index contributed by atoms with van der Waals surface area (Å²) in [4.78, 5) is 22.3. The van der Waals surface area contributed by atoms with Gasteiger partial charge in [-0.3, -0.25) is 18.7 Å². The first kappa shape index (κ1) is 15.4. The van der Waals surface area contributed by atoms with Crippen molar-refractivity contribution in [3.05, 3.63) is 16.7 Å². The number of aromatic nitrogens is 4. The van der Waals surface area contributed by atoms with Crippen molar-refractivity contribution in [2.75, 3.05) is 19.5 Å². The zero-order valence-corrected chi connectivity index (χ0v) is 11.8. The Kier molecular flexibility index (Phi) is 4.53. The molecule has 1 fully saturated rings. The lowest BCUT2D eigenvalue weighted by molar-refractivity contribution is -0.0294. The molecule has 0 spiro atoms. The van der Waals surface area contributed by atoms with Gasteiger partial charge in [0.1, 0.15) is 6.23 Å². The van der Waals surface area contributed by atoms with Crippen LogP contribution in [0.5, 0.6) is 0 Å². The average molecular weight is 299 g/mol. The minimum Gasteiger partial charge on any atom is -0.394 e. The van der Waals surface area contributed by atoms with E-state index in [-0.39, 0.29) is 41.9 Å². The summed E-state index contributed by atoms with van der Waals surface area (Å²) in [6.07, 6.45) is 1.78. The Morgan fingerprint density at radius 2 is 2.33 bits per heavy atom. The summed E-state index contributed by atoms with van der Waals surface area (Å²) in [7, 11) is 0.500. The molecular weight excluding hydrogens is 281 g/mol. The number of fused-ring (bicyclic) bond motifs is 1. The molecule has 1 saturated heterocycles. The van der Waals surface area contributed by atoms with Crippen LogP contribution >= 0.6 is 0 Å². The standard InChI is InChI=1S/C11H15N5O3.CH3F/c1-5-2-6(3-17)19-10(5)16-4-13-7-8(16)14-11(12)15-9(7)18;1-2/h4-6,10,17H,2-3H2,1H3,(H3,12,14,15,18);1H3/t5-,6-,10+;/m0./s1. The van der Waals surface area contributed by atoms with Gasteiger partial charge in [0, 0.05) is 5.92 Å². The Labute approximate surface area is 119 Å². The summed E-state index contributed by atoms with van der Waals surface area (Å²) < 4.78 is 16.9. The number of aromatic amines is 1. The number of nitrogen functional groups attached to an aromatic ring is 1. The van der Waals surface area contributed by atoms with E-state index in [1.807, 2.05) is 6.92 Å². The van der Waals surface area contributed by atoms with E-state index >= 15 is 0 Å². The Balaban J connectivity index is 0.000000774. The summed E-state index contributed by atoms with van der Waals surface area (Å²) in [6, 6.07) is 0. The molecule has 3 rings (SSSR count). The molecule has 9 heteroatoms. The van der Waals surface area contributed by atoms with Crippen LogP contribution in [0.3, 0.4) is 0 Å². The number of rotatable bonds is 2. The van der Waals surface area contributed by atoms with Gasteiger partial charge in [-0.15, -0.1) is 0 Å². The van der Waals surface area contributed by atoms with Gasteiger partial charge in [-0.2, -0.15) is 4.98 Å². The van der Waals surface area contributed by atoms with Gasteiger partial charge in [-0.25, -0.2) is 4.98 Å². The predicted octanol–water partition coefficient (Wildman–Crippen LogP) is 0.203. The number of alkyl halides is 1. The zero-order valence-electron chi connectivity index (χ0n) is 11.8. The van der Waals surface area contributed by atoms with Crippen LogP contribution in [0.2, 0.25) is 0 Å². The number of ether oxygens (including phenoxy) is 1. The number of imidazole rings is 1. The van der Waals surface area contributed by atoms with Gasteiger partial charge in [0.15, 0.2) is 11.2 Å². The van der Waals surface area contributed by atoms with Crippen molar-refractivity contribution in [1.29, 1.82) is 0 Å². The van der Waals surface area contributed by atoms with Crippen molar-refractivity contribution in [3.8, 4) is 0 Å². The molecule has 4 N–H and O–H groups in total. The maximum atomic E-state index is 11.7. The molecule has 0 radical (unpaired) electrons. The quantitative estimate of drug-likeness (QED) is 0.729. The molecule has 1 aliphatic heterocycles. The van der Waals surface area contributed by atoms with Crippen LogP contribution in [0.25, 0.3) is 11.2 Å². The number of aliphatic hydroxyl groups is 1. The molecule has 0 aliphatic carbocycles. The first-order chi connectivity index (χ1) is 10.1. The number of halogens is 1. The molecule has 0 amide bonds. The van der Waals surface area contributed by atoms with Crippen molar-refractivity contribution in [3.63, 3.8) is 0 Å². The average Bonchev–Trinajstić information content (AvgIpc) is 3.04. The van der Waals surface area contributed by atoms with Crippen LogP contribution in [0.1, 0.15) is 19.6 Å². The molecular formula is C12H18FN5O3. The number of nitrogens with two attached hydrogens (primary N) is 1. The molecule has 0 unspecified atom stereocenters. The molecule has 0 aromatic carbocycles. The van der Waals surface area contributed by atoms with Crippen LogP contribution in [-0.4, -0.2) is 44.5 Å². The first-order valence-corrected chi connectivity index (χ1v) is 6.46. The summed E-state index contributed by atoms with van der Waals surface area (Å²) in [5.74, 6) is 0.237. The van der Waals surface area contributed by atoms with Gasteiger partial charge in [0.2, 0.25) is 5.95 Å². The van der Waals surface area contributed by atoms with Gasteiger partial charge in [0.25, 0.3) is 5.56 Å². The summed E-state index contributed by atoms with van der Waals surface area (Å²) >= 11 is 0. The van der Waals surface area contributed by atoms with Crippen LogP contribution in [0, 0.1) is 5.92 Å². The van der Waals surface area contributed by atoms with Gasteiger partial charge in [0.05, 0.1) is 26.2 Å². The number of hydrogen-bond donors (Lipinski definition) is 3. The highest BCUT2D eigenvalue weighted by Gasteiger charge is 2.34.